The summed E-state index contributed by atoms with van der Waals surface area (Å²) in [4.78, 5) is 15.0. The molecule has 126 valence electrons. The van der Waals surface area contributed by atoms with Gasteiger partial charge in [0.2, 0.25) is 11.9 Å². The molecule has 25 heavy (non-hydrogen) atoms. The summed E-state index contributed by atoms with van der Waals surface area (Å²) in [6.45, 7) is 0.882. The molecule has 1 saturated heterocycles. The molecule has 0 unspecified atom stereocenters. The SMILES string of the molecule is O=C(Nc1nncn1-c1ccccc1)[C@H]1CCCN1c1ccccc1. The van der Waals surface area contributed by atoms with Gasteiger partial charge in [0.25, 0.3) is 0 Å². The molecular formula is C19H19N5O. The monoisotopic (exact) mass is 333 g/mol. The molecule has 1 N–H and O–H groups in total. The average molecular weight is 333 g/mol. The number of anilines is 2. The molecule has 0 radical (unpaired) electrons. The van der Waals surface area contributed by atoms with Crippen LogP contribution in [0, 0.1) is 0 Å². The summed E-state index contributed by atoms with van der Waals surface area (Å²) in [6.07, 6.45) is 3.44. The molecule has 0 saturated carbocycles. The number of carbonyl (C=O) groups is 1. The van der Waals surface area contributed by atoms with Crippen molar-refractivity contribution in [2.45, 2.75) is 18.9 Å². The van der Waals surface area contributed by atoms with Crippen molar-refractivity contribution in [3.63, 3.8) is 0 Å². The highest BCUT2D eigenvalue weighted by Crippen LogP contribution is 2.26. The lowest BCUT2D eigenvalue weighted by Gasteiger charge is -2.25. The number of nitrogens with zero attached hydrogens (tertiary/aromatic N) is 4. The van der Waals surface area contributed by atoms with Crippen molar-refractivity contribution in [1.29, 1.82) is 0 Å². The van der Waals surface area contributed by atoms with Gasteiger partial charge in [-0.2, -0.15) is 0 Å². The fraction of sp³-hybridized carbons (Fsp3) is 0.211. The van der Waals surface area contributed by atoms with E-state index in [1.807, 2.05) is 60.7 Å². The first-order valence-corrected chi connectivity index (χ1v) is 8.41. The van der Waals surface area contributed by atoms with E-state index in [9.17, 15) is 4.79 Å². The standard InChI is InChI=1S/C19H19N5O/c25-18(17-12-7-13-23(17)15-8-3-1-4-9-15)21-19-22-20-14-24(19)16-10-5-2-6-11-16/h1-6,8-11,14,17H,7,12-13H2,(H,21,22,25)/t17-/m1/s1. The van der Waals surface area contributed by atoms with E-state index in [0.717, 1.165) is 30.8 Å². The fourth-order valence-electron chi connectivity index (χ4n) is 3.26. The van der Waals surface area contributed by atoms with Crippen molar-refractivity contribution in [2.24, 2.45) is 0 Å². The molecule has 1 aliphatic rings. The molecule has 1 amide bonds. The Morgan fingerprint density at radius 1 is 1.00 bits per heavy atom. The normalized spacial score (nSPS) is 16.8. The number of carbonyl (C=O) groups excluding carboxylic acids is 1. The topological polar surface area (TPSA) is 63.1 Å². The van der Waals surface area contributed by atoms with Crippen molar-refractivity contribution in [1.82, 2.24) is 14.8 Å². The minimum Gasteiger partial charge on any atom is -0.360 e. The summed E-state index contributed by atoms with van der Waals surface area (Å²) < 4.78 is 1.78. The van der Waals surface area contributed by atoms with E-state index in [4.69, 9.17) is 0 Å². The predicted octanol–water partition coefficient (Wildman–Crippen LogP) is 2.87. The van der Waals surface area contributed by atoms with Gasteiger partial charge in [0, 0.05) is 12.2 Å². The Kier molecular flexibility index (Phi) is 4.16. The summed E-state index contributed by atoms with van der Waals surface area (Å²) in [6, 6.07) is 19.6. The van der Waals surface area contributed by atoms with Crippen LogP contribution in [0.2, 0.25) is 0 Å². The predicted molar refractivity (Wildman–Crippen MR) is 96.8 cm³/mol. The van der Waals surface area contributed by atoms with Gasteiger partial charge in [-0.3, -0.25) is 14.7 Å². The number of hydrogen-bond donors (Lipinski definition) is 1. The number of hydrogen-bond acceptors (Lipinski definition) is 4. The second-order valence-electron chi connectivity index (χ2n) is 6.04. The van der Waals surface area contributed by atoms with Gasteiger partial charge < -0.3 is 4.90 Å². The van der Waals surface area contributed by atoms with Crippen LogP contribution in [0.5, 0.6) is 0 Å². The summed E-state index contributed by atoms with van der Waals surface area (Å²) in [5.74, 6) is 0.391. The van der Waals surface area contributed by atoms with Crippen LogP contribution in [0.25, 0.3) is 5.69 Å². The van der Waals surface area contributed by atoms with E-state index in [1.54, 1.807) is 10.9 Å². The third-order valence-corrected chi connectivity index (χ3v) is 4.46. The number of nitrogens with one attached hydrogen (secondary N) is 1. The van der Waals surface area contributed by atoms with Crippen molar-refractivity contribution < 1.29 is 4.79 Å². The highest BCUT2D eigenvalue weighted by Gasteiger charge is 2.31. The number of aromatic nitrogens is 3. The van der Waals surface area contributed by atoms with E-state index >= 15 is 0 Å². The lowest BCUT2D eigenvalue weighted by molar-refractivity contribution is -0.117. The van der Waals surface area contributed by atoms with Crippen molar-refractivity contribution in [3.05, 3.63) is 67.0 Å². The van der Waals surface area contributed by atoms with Crippen LogP contribution in [0.3, 0.4) is 0 Å². The van der Waals surface area contributed by atoms with Gasteiger partial charge in [0.1, 0.15) is 12.4 Å². The Hall–Kier alpha value is -3.15. The van der Waals surface area contributed by atoms with Crippen molar-refractivity contribution in [3.8, 4) is 5.69 Å². The summed E-state index contributed by atoms with van der Waals surface area (Å²) in [5.41, 5.74) is 1.99. The molecule has 0 bridgehead atoms. The van der Waals surface area contributed by atoms with E-state index in [0.29, 0.717) is 5.95 Å². The van der Waals surface area contributed by atoms with E-state index < -0.39 is 0 Å². The van der Waals surface area contributed by atoms with Gasteiger partial charge >= 0.3 is 0 Å². The molecule has 0 spiro atoms. The second kappa shape index (κ2) is 6.76. The molecule has 0 aliphatic carbocycles. The molecule has 4 rings (SSSR count). The lowest BCUT2D eigenvalue weighted by Crippen LogP contribution is -2.40. The Morgan fingerprint density at radius 2 is 1.68 bits per heavy atom. The number of rotatable bonds is 4. The molecular weight excluding hydrogens is 314 g/mol. The van der Waals surface area contributed by atoms with Gasteiger partial charge in [-0.1, -0.05) is 36.4 Å². The van der Waals surface area contributed by atoms with E-state index in [-0.39, 0.29) is 11.9 Å². The zero-order valence-corrected chi connectivity index (χ0v) is 13.7. The maximum absolute atomic E-state index is 12.8. The van der Waals surface area contributed by atoms with Gasteiger partial charge in [0.05, 0.1) is 5.69 Å². The van der Waals surface area contributed by atoms with Crippen LogP contribution in [0.4, 0.5) is 11.6 Å². The summed E-state index contributed by atoms with van der Waals surface area (Å²) >= 11 is 0. The maximum Gasteiger partial charge on any atom is 0.249 e. The minimum atomic E-state index is -0.191. The minimum absolute atomic E-state index is 0.0495. The first kappa shape index (κ1) is 15.4. The molecule has 1 fully saturated rings. The van der Waals surface area contributed by atoms with Gasteiger partial charge in [0.15, 0.2) is 0 Å². The van der Waals surface area contributed by atoms with Crippen molar-refractivity contribution in [2.75, 3.05) is 16.8 Å². The molecule has 1 aliphatic heterocycles. The van der Waals surface area contributed by atoms with Crippen LogP contribution in [0.15, 0.2) is 67.0 Å². The fourth-order valence-corrected chi connectivity index (χ4v) is 3.26. The van der Waals surface area contributed by atoms with E-state index in [2.05, 4.69) is 20.4 Å². The molecule has 1 aromatic heterocycles. The molecule has 6 nitrogen and oxygen atoms in total. The molecule has 2 heterocycles. The molecule has 6 heteroatoms. The Labute approximate surface area is 146 Å². The van der Waals surface area contributed by atoms with Gasteiger partial charge in [-0.05, 0) is 37.1 Å². The third-order valence-electron chi connectivity index (χ3n) is 4.46. The average Bonchev–Trinajstić information content (AvgIpc) is 3.32. The zero-order valence-electron chi connectivity index (χ0n) is 13.7. The summed E-state index contributed by atoms with van der Waals surface area (Å²) in [7, 11) is 0. The number of benzene rings is 2. The quantitative estimate of drug-likeness (QED) is 0.797. The van der Waals surface area contributed by atoms with Crippen LogP contribution in [-0.4, -0.2) is 33.3 Å². The van der Waals surface area contributed by atoms with E-state index in [1.165, 1.54) is 0 Å². The lowest BCUT2D eigenvalue weighted by atomic mass is 10.2. The number of para-hydroxylation sites is 2. The molecule has 2 aromatic carbocycles. The van der Waals surface area contributed by atoms with Gasteiger partial charge in [-0.25, -0.2) is 0 Å². The highest BCUT2D eigenvalue weighted by atomic mass is 16.2. The Balaban J connectivity index is 1.54. The number of amides is 1. The smallest absolute Gasteiger partial charge is 0.249 e. The Morgan fingerprint density at radius 3 is 2.40 bits per heavy atom. The van der Waals surface area contributed by atoms with Crippen LogP contribution < -0.4 is 10.2 Å². The zero-order chi connectivity index (χ0) is 17.1. The molecule has 3 aromatic rings. The second-order valence-corrected chi connectivity index (χ2v) is 6.04. The molecule has 1 atom stereocenters. The third kappa shape index (κ3) is 3.10. The Bertz CT molecular complexity index is 847. The van der Waals surface area contributed by atoms with Crippen molar-refractivity contribution >= 4 is 17.5 Å². The van der Waals surface area contributed by atoms with Crippen LogP contribution in [0.1, 0.15) is 12.8 Å². The first-order chi connectivity index (χ1) is 12.3. The van der Waals surface area contributed by atoms with Crippen LogP contribution in [-0.2, 0) is 4.79 Å². The maximum atomic E-state index is 12.8. The first-order valence-electron chi connectivity index (χ1n) is 8.41. The largest absolute Gasteiger partial charge is 0.360 e. The highest BCUT2D eigenvalue weighted by molar-refractivity contribution is 5.96. The summed E-state index contributed by atoms with van der Waals surface area (Å²) in [5, 5.41) is 10.9. The van der Waals surface area contributed by atoms with Crippen LogP contribution >= 0.6 is 0 Å². The van der Waals surface area contributed by atoms with Gasteiger partial charge in [-0.15, -0.1) is 10.2 Å².